The SMILES string of the molecule is O=C(Cl)C(=O)c1ccc(-c2noc(C(F)(F)F)n2)s1. The summed E-state index contributed by atoms with van der Waals surface area (Å²) >= 11 is 5.74. The van der Waals surface area contributed by atoms with Gasteiger partial charge in [0.1, 0.15) is 0 Å². The van der Waals surface area contributed by atoms with Crippen molar-refractivity contribution in [1.82, 2.24) is 10.1 Å². The Hall–Kier alpha value is -1.74. The third kappa shape index (κ3) is 2.82. The number of carbonyl (C=O) groups excluding carboxylic acids is 2. The molecule has 0 atom stereocenters. The van der Waals surface area contributed by atoms with Gasteiger partial charge in [0, 0.05) is 0 Å². The van der Waals surface area contributed by atoms with Crippen molar-refractivity contribution in [2.24, 2.45) is 0 Å². The molecule has 100 valence electrons. The smallest absolute Gasteiger partial charge is 0.329 e. The first-order valence-corrected chi connectivity index (χ1v) is 5.74. The average molecular weight is 311 g/mol. The summed E-state index contributed by atoms with van der Waals surface area (Å²) in [4.78, 5) is 25.2. The van der Waals surface area contributed by atoms with E-state index in [9.17, 15) is 22.8 Å². The van der Waals surface area contributed by atoms with Gasteiger partial charge >= 0.3 is 12.1 Å². The van der Waals surface area contributed by atoms with Crippen molar-refractivity contribution in [3.63, 3.8) is 0 Å². The first-order chi connectivity index (χ1) is 8.79. The average Bonchev–Trinajstić information content (AvgIpc) is 2.95. The van der Waals surface area contributed by atoms with Crippen molar-refractivity contribution in [3.8, 4) is 10.7 Å². The van der Waals surface area contributed by atoms with Crippen molar-refractivity contribution in [1.29, 1.82) is 0 Å². The molecule has 0 saturated carbocycles. The van der Waals surface area contributed by atoms with E-state index in [1.807, 2.05) is 0 Å². The summed E-state index contributed by atoms with van der Waals surface area (Å²) in [5.74, 6) is -2.76. The predicted octanol–water partition coefficient (Wildman–Crippen LogP) is 2.76. The molecule has 0 aromatic carbocycles. The van der Waals surface area contributed by atoms with Gasteiger partial charge in [-0.3, -0.25) is 9.59 Å². The van der Waals surface area contributed by atoms with E-state index in [2.05, 4.69) is 14.7 Å². The van der Waals surface area contributed by atoms with Gasteiger partial charge in [-0.1, -0.05) is 5.16 Å². The number of hydrogen-bond acceptors (Lipinski definition) is 6. The number of aromatic nitrogens is 2. The van der Waals surface area contributed by atoms with Gasteiger partial charge in [-0.25, -0.2) is 0 Å². The Morgan fingerprint density at radius 1 is 1.32 bits per heavy atom. The van der Waals surface area contributed by atoms with Crippen LogP contribution in [0.2, 0.25) is 0 Å². The molecule has 0 radical (unpaired) electrons. The van der Waals surface area contributed by atoms with Gasteiger partial charge < -0.3 is 4.52 Å². The monoisotopic (exact) mass is 310 g/mol. The molecule has 0 saturated heterocycles. The fraction of sp³-hybridized carbons (Fsp3) is 0.111. The summed E-state index contributed by atoms with van der Waals surface area (Å²) in [5.41, 5.74) is 0. The highest BCUT2D eigenvalue weighted by molar-refractivity contribution is 7.18. The third-order valence-corrected chi connectivity index (χ3v) is 3.15. The summed E-state index contributed by atoms with van der Waals surface area (Å²) in [5, 5.41) is 1.96. The molecular formula is C9H2ClF3N2O3S. The minimum atomic E-state index is -4.74. The van der Waals surface area contributed by atoms with Crippen molar-refractivity contribution >= 4 is 34.0 Å². The molecule has 10 heteroatoms. The number of hydrogen-bond donors (Lipinski definition) is 0. The zero-order chi connectivity index (χ0) is 14.2. The molecule has 2 aromatic heterocycles. The van der Waals surface area contributed by atoms with Crippen LogP contribution in [0.5, 0.6) is 0 Å². The molecule has 0 amide bonds. The molecule has 0 spiro atoms. The topological polar surface area (TPSA) is 73.1 Å². The molecule has 2 heterocycles. The molecule has 19 heavy (non-hydrogen) atoms. The summed E-state index contributed by atoms with van der Waals surface area (Å²) in [6.07, 6.45) is -4.74. The maximum atomic E-state index is 12.2. The van der Waals surface area contributed by atoms with E-state index in [1.54, 1.807) is 0 Å². The second-order valence-corrected chi connectivity index (χ2v) is 4.61. The fourth-order valence-corrected chi connectivity index (χ4v) is 2.14. The van der Waals surface area contributed by atoms with Gasteiger partial charge in [-0.05, 0) is 23.7 Å². The maximum Gasteiger partial charge on any atom is 0.471 e. The van der Waals surface area contributed by atoms with Crippen molar-refractivity contribution in [3.05, 3.63) is 22.9 Å². The number of rotatable bonds is 3. The normalized spacial score (nSPS) is 11.6. The Morgan fingerprint density at radius 3 is 2.53 bits per heavy atom. The lowest BCUT2D eigenvalue weighted by Crippen LogP contribution is -2.04. The van der Waals surface area contributed by atoms with Crippen LogP contribution in [0.1, 0.15) is 15.6 Å². The van der Waals surface area contributed by atoms with E-state index in [0.717, 1.165) is 11.3 Å². The number of Topliss-reactive ketones (excluding diaryl/α,β-unsaturated/α-hetero) is 1. The highest BCUT2D eigenvalue weighted by atomic mass is 35.5. The second-order valence-electron chi connectivity index (χ2n) is 3.19. The summed E-state index contributed by atoms with van der Waals surface area (Å²) in [6.45, 7) is 0. The van der Waals surface area contributed by atoms with E-state index in [1.165, 1.54) is 12.1 Å². The summed E-state index contributed by atoms with van der Waals surface area (Å²) in [7, 11) is 0. The molecule has 2 aromatic rings. The molecule has 0 aliphatic carbocycles. The molecule has 0 aliphatic heterocycles. The van der Waals surface area contributed by atoms with E-state index in [4.69, 9.17) is 11.6 Å². The number of thiophene rings is 1. The van der Waals surface area contributed by atoms with E-state index < -0.39 is 23.1 Å². The number of ketones is 1. The van der Waals surface area contributed by atoms with Crippen LogP contribution < -0.4 is 0 Å². The lowest BCUT2D eigenvalue weighted by Gasteiger charge is -1.95. The van der Waals surface area contributed by atoms with Crippen molar-refractivity contribution in [2.45, 2.75) is 6.18 Å². The quantitative estimate of drug-likeness (QED) is 0.495. The van der Waals surface area contributed by atoms with Gasteiger partial charge in [0.2, 0.25) is 5.82 Å². The lowest BCUT2D eigenvalue weighted by molar-refractivity contribution is -0.159. The first kappa shape index (κ1) is 13.7. The Labute approximate surface area is 112 Å². The van der Waals surface area contributed by atoms with E-state index in [-0.39, 0.29) is 15.6 Å². The summed E-state index contributed by atoms with van der Waals surface area (Å²) in [6, 6.07) is 2.54. The van der Waals surface area contributed by atoms with Crippen molar-refractivity contribution < 1.29 is 27.3 Å². The van der Waals surface area contributed by atoms with Crippen LogP contribution in [0.25, 0.3) is 10.7 Å². The van der Waals surface area contributed by atoms with Gasteiger partial charge in [-0.2, -0.15) is 18.2 Å². The van der Waals surface area contributed by atoms with Crippen LogP contribution in [-0.4, -0.2) is 21.2 Å². The van der Waals surface area contributed by atoms with Crippen LogP contribution in [0.3, 0.4) is 0 Å². The molecule has 0 aliphatic rings. The number of alkyl halides is 3. The summed E-state index contributed by atoms with van der Waals surface area (Å²) < 4.78 is 40.8. The van der Waals surface area contributed by atoms with Gasteiger partial charge in [0.05, 0.1) is 9.75 Å². The molecule has 0 N–H and O–H groups in total. The maximum absolute atomic E-state index is 12.2. The van der Waals surface area contributed by atoms with Gasteiger partial charge in [0.15, 0.2) is 0 Å². The van der Waals surface area contributed by atoms with Crippen molar-refractivity contribution in [2.75, 3.05) is 0 Å². The van der Waals surface area contributed by atoms with Crippen LogP contribution in [0, 0.1) is 0 Å². The van der Waals surface area contributed by atoms with Crippen LogP contribution >= 0.6 is 22.9 Å². The Morgan fingerprint density at radius 2 is 2.00 bits per heavy atom. The van der Waals surface area contributed by atoms with E-state index >= 15 is 0 Å². The Kier molecular flexibility index (Phi) is 3.42. The number of carbonyl (C=O) groups is 2. The lowest BCUT2D eigenvalue weighted by atomic mass is 10.3. The molecular weight excluding hydrogens is 309 g/mol. The molecule has 5 nitrogen and oxygen atoms in total. The molecule has 0 fully saturated rings. The Bertz CT molecular complexity index is 649. The van der Waals surface area contributed by atoms with Crippen LogP contribution in [0.4, 0.5) is 13.2 Å². The van der Waals surface area contributed by atoms with Gasteiger partial charge in [0.25, 0.3) is 11.0 Å². The molecule has 0 bridgehead atoms. The standard InChI is InChI=1S/C9H2ClF3N2O3S/c10-6(17)5(16)3-1-2-4(19-3)7-14-8(18-15-7)9(11,12)13/h1-2H. The highest BCUT2D eigenvalue weighted by Gasteiger charge is 2.38. The zero-order valence-corrected chi connectivity index (χ0v) is 10.3. The van der Waals surface area contributed by atoms with Gasteiger partial charge in [-0.15, -0.1) is 11.3 Å². The highest BCUT2D eigenvalue weighted by Crippen LogP contribution is 2.31. The van der Waals surface area contributed by atoms with Crippen LogP contribution in [0.15, 0.2) is 16.7 Å². The zero-order valence-electron chi connectivity index (χ0n) is 8.69. The first-order valence-electron chi connectivity index (χ1n) is 4.54. The number of halogens is 4. The minimum absolute atomic E-state index is 0.0200. The molecule has 0 unspecified atom stereocenters. The third-order valence-electron chi connectivity index (χ3n) is 1.90. The second kappa shape index (κ2) is 4.74. The largest absolute Gasteiger partial charge is 0.471 e. The number of nitrogens with zero attached hydrogens (tertiary/aromatic N) is 2. The fourth-order valence-electron chi connectivity index (χ4n) is 1.12. The molecule has 2 rings (SSSR count). The Balaban J connectivity index is 2.31. The van der Waals surface area contributed by atoms with E-state index in [0.29, 0.717) is 0 Å². The predicted molar refractivity (Wildman–Crippen MR) is 57.8 cm³/mol. The van der Waals surface area contributed by atoms with Crippen LogP contribution in [-0.2, 0) is 11.0 Å². The minimum Gasteiger partial charge on any atom is -0.329 e.